The van der Waals surface area contributed by atoms with E-state index in [4.69, 9.17) is 26.8 Å². The molecule has 2 N–H and O–H groups in total. The molecule has 0 amide bonds. The van der Waals surface area contributed by atoms with E-state index in [0.717, 1.165) is 31.8 Å². The van der Waals surface area contributed by atoms with Gasteiger partial charge in [0.2, 0.25) is 0 Å². The van der Waals surface area contributed by atoms with Crippen molar-refractivity contribution in [1.82, 2.24) is 0 Å². The Morgan fingerprint density at radius 2 is 2.38 bits per heavy atom. The first-order valence-electron chi connectivity index (χ1n) is 5.45. The average Bonchev–Trinajstić information content (AvgIpc) is 2.74. The summed E-state index contributed by atoms with van der Waals surface area (Å²) in [5, 5.41) is 0.658. The fraction of sp³-hybridized carbons (Fsp3) is 0.500. The molecule has 0 radical (unpaired) electrons. The van der Waals surface area contributed by atoms with E-state index >= 15 is 0 Å². The first-order valence-corrected chi connectivity index (χ1v) is 5.83. The zero-order valence-corrected chi connectivity index (χ0v) is 9.87. The molecule has 16 heavy (non-hydrogen) atoms. The van der Waals surface area contributed by atoms with E-state index in [1.165, 1.54) is 0 Å². The third-order valence-corrected chi connectivity index (χ3v) is 2.98. The van der Waals surface area contributed by atoms with Gasteiger partial charge in [0.15, 0.2) is 0 Å². The smallest absolute Gasteiger partial charge is 0.0737 e. The molecule has 1 aromatic carbocycles. The highest BCUT2D eigenvalue weighted by molar-refractivity contribution is 6.30. The number of benzene rings is 1. The normalized spacial score (nSPS) is 20.2. The lowest BCUT2D eigenvalue weighted by Gasteiger charge is -2.10. The van der Waals surface area contributed by atoms with Gasteiger partial charge in [0, 0.05) is 28.8 Å². The van der Waals surface area contributed by atoms with Crippen molar-refractivity contribution in [3.8, 4) is 0 Å². The highest BCUT2D eigenvalue weighted by atomic mass is 35.5. The molecule has 0 bridgehead atoms. The first-order chi connectivity index (χ1) is 7.75. The molecule has 1 aromatic rings. The molecule has 0 aliphatic carbocycles. The third-order valence-electron chi connectivity index (χ3n) is 2.74. The lowest BCUT2D eigenvalue weighted by molar-refractivity contribution is 0.0794. The predicted octanol–water partition coefficient (Wildman–Crippen LogP) is 2.48. The molecule has 3 nitrogen and oxygen atoms in total. The maximum absolute atomic E-state index is 5.83. The minimum atomic E-state index is 0.536. The van der Waals surface area contributed by atoms with Crippen LogP contribution < -0.4 is 5.73 Å². The van der Waals surface area contributed by atoms with Gasteiger partial charge in [-0.25, -0.2) is 0 Å². The molecule has 1 heterocycles. The Morgan fingerprint density at radius 3 is 3.06 bits per heavy atom. The molecule has 0 saturated carbocycles. The van der Waals surface area contributed by atoms with Crippen molar-refractivity contribution >= 4 is 17.3 Å². The summed E-state index contributed by atoms with van der Waals surface area (Å²) in [7, 11) is 0. The van der Waals surface area contributed by atoms with Crippen LogP contribution in [0.25, 0.3) is 0 Å². The number of hydrogen-bond donors (Lipinski definition) is 1. The summed E-state index contributed by atoms with van der Waals surface area (Å²) in [6.45, 7) is 2.95. The Kier molecular flexibility index (Phi) is 4.04. The van der Waals surface area contributed by atoms with Gasteiger partial charge in [-0.3, -0.25) is 0 Å². The van der Waals surface area contributed by atoms with E-state index in [0.29, 0.717) is 23.2 Å². The van der Waals surface area contributed by atoms with Gasteiger partial charge in [-0.05, 0) is 18.6 Å². The number of nitrogen functional groups attached to an aromatic ring is 1. The largest absolute Gasteiger partial charge is 0.398 e. The molecule has 0 aromatic heterocycles. The standard InChI is InChI=1S/C12H16ClNO2/c13-11-2-1-10(12(14)5-11)8-16-7-9-3-4-15-6-9/h1-2,5,9H,3-4,6-8,14H2. The summed E-state index contributed by atoms with van der Waals surface area (Å²) in [5.41, 5.74) is 7.51. The highest BCUT2D eigenvalue weighted by Gasteiger charge is 2.15. The van der Waals surface area contributed by atoms with Crippen molar-refractivity contribution in [2.45, 2.75) is 13.0 Å². The van der Waals surface area contributed by atoms with E-state index in [-0.39, 0.29) is 0 Å². The maximum atomic E-state index is 5.83. The van der Waals surface area contributed by atoms with Crippen LogP contribution in [0, 0.1) is 5.92 Å². The number of halogens is 1. The predicted molar refractivity (Wildman–Crippen MR) is 64.4 cm³/mol. The van der Waals surface area contributed by atoms with Gasteiger partial charge in [0.1, 0.15) is 0 Å². The molecule has 1 fully saturated rings. The second kappa shape index (κ2) is 5.53. The van der Waals surface area contributed by atoms with E-state index in [2.05, 4.69) is 0 Å². The van der Waals surface area contributed by atoms with E-state index in [1.54, 1.807) is 6.07 Å². The summed E-state index contributed by atoms with van der Waals surface area (Å²) in [5.74, 6) is 0.536. The summed E-state index contributed by atoms with van der Waals surface area (Å²) in [6.07, 6.45) is 1.09. The van der Waals surface area contributed by atoms with Crippen LogP contribution in [-0.2, 0) is 16.1 Å². The molecular formula is C12H16ClNO2. The molecule has 1 atom stereocenters. The molecule has 0 spiro atoms. The Hall–Kier alpha value is -0.770. The Morgan fingerprint density at radius 1 is 1.50 bits per heavy atom. The van der Waals surface area contributed by atoms with E-state index < -0.39 is 0 Å². The van der Waals surface area contributed by atoms with Crippen LogP contribution in [0.5, 0.6) is 0 Å². The van der Waals surface area contributed by atoms with Gasteiger partial charge >= 0.3 is 0 Å². The SMILES string of the molecule is Nc1cc(Cl)ccc1COCC1CCOC1. The van der Waals surface area contributed by atoms with Gasteiger partial charge < -0.3 is 15.2 Å². The number of hydrogen-bond acceptors (Lipinski definition) is 3. The first kappa shape index (κ1) is 11.7. The molecule has 1 aliphatic heterocycles. The molecule has 1 unspecified atom stereocenters. The molecular weight excluding hydrogens is 226 g/mol. The van der Waals surface area contributed by atoms with Gasteiger partial charge in [0.25, 0.3) is 0 Å². The van der Waals surface area contributed by atoms with Crippen LogP contribution in [0.4, 0.5) is 5.69 Å². The Bertz CT molecular complexity index is 351. The van der Waals surface area contributed by atoms with Crippen LogP contribution in [-0.4, -0.2) is 19.8 Å². The van der Waals surface area contributed by atoms with Crippen LogP contribution in [0.3, 0.4) is 0 Å². The van der Waals surface area contributed by atoms with Crippen LogP contribution in [0.1, 0.15) is 12.0 Å². The number of rotatable bonds is 4. The molecule has 1 aliphatic rings. The highest BCUT2D eigenvalue weighted by Crippen LogP contribution is 2.19. The van der Waals surface area contributed by atoms with Crippen LogP contribution >= 0.6 is 11.6 Å². The third kappa shape index (κ3) is 3.11. The molecule has 88 valence electrons. The molecule has 2 rings (SSSR count). The van der Waals surface area contributed by atoms with Crippen molar-refractivity contribution in [3.63, 3.8) is 0 Å². The van der Waals surface area contributed by atoms with Crippen molar-refractivity contribution in [2.75, 3.05) is 25.6 Å². The quantitative estimate of drug-likeness (QED) is 0.824. The monoisotopic (exact) mass is 241 g/mol. The summed E-state index contributed by atoms with van der Waals surface area (Å²) >= 11 is 5.82. The zero-order chi connectivity index (χ0) is 11.4. The summed E-state index contributed by atoms with van der Waals surface area (Å²) in [4.78, 5) is 0. The van der Waals surface area contributed by atoms with E-state index in [9.17, 15) is 0 Å². The fourth-order valence-electron chi connectivity index (χ4n) is 1.75. The fourth-order valence-corrected chi connectivity index (χ4v) is 1.93. The number of ether oxygens (including phenoxy) is 2. The van der Waals surface area contributed by atoms with Crippen LogP contribution in [0.2, 0.25) is 5.02 Å². The molecule has 4 heteroatoms. The van der Waals surface area contributed by atoms with Crippen molar-refractivity contribution < 1.29 is 9.47 Å². The molecule has 1 saturated heterocycles. The lowest BCUT2D eigenvalue weighted by Crippen LogP contribution is -2.09. The maximum Gasteiger partial charge on any atom is 0.0737 e. The van der Waals surface area contributed by atoms with E-state index in [1.807, 2.05) is 12.1 Å². The Balaban J connectivity index is 1.80. The summed E-state index contributed by atoms with van der Waals surface area (Å²) < 4.78 is 10.9. The van der Waals surface area contributed by atoms with Gasteiger partial charge in [-0.1, -0.05) is 17.7 Å². The second-order valence-corrected chi connectivity index (χ2v) is 4.52. The van der Waals surface area contributed by atoms with Gasteiger partial charge in [0.05, 0.1) is 19.8 Å². The average molecular weight is 242 g/mol. The zero-order valence-electron chi connectivity index (χ0n) is 9.12. The van der Waals surface area contributed by atoms with Crippen LogP contribution in [0.15, 0.2) is 18.2 Å². The second-order valence-electron chi connectivity index (χ2n) is 4.09. The Labute approximate surface area is 100 Å². The van der Waals surface area contributed by atoms with Crippen molar-refractivity contribution in [2.24, 2.45) is 5.92 Å². The summed E-state index contributed by atoms with van der Waals surface area (Å²) in [6, 6.07) is 5.48. The minimum absolute atomic E-state index is 0.536. The minimum Gasteiger partial charge on any atom is -0.398 e. The van der Waals surface area contributed by atoms with Gasteiger partial charge in [-0.15, -0.1) is 0 Å². The van der Waals surface area contributed by atoms with Crippen molar-refractivity contribution in [1.29, 1.82) is 0 Å². The topological polar surface area (TPSA) is 44.5 Å². The van der Waals surface area contributed by atoms with Gasteiger partial charge in [-0.2, -0.15) is 0 Å². The number of anilines is 1. The lowest BCUT2D eigenvalue weighted by atomic mass is 10.1. The van der Waals surface area contributed by atoms with Crippen molar-refractivity contribution in [3.05, 3.63) is 28.8 Å². The number of nitrogens with two attached hydrogens (primary N) is 1.